The maximum absolute atomic E-state index is 10.7. The number of carbonyl (C=O) groups excluding carboxylic acids is 1. The molecule has 1 aliphatic rings. The molecule has 0 radical (unpaired) electrons. The second kappa shape index (κ2) is 3.11. The molecule has 0 saturated carbocycles. The topological polar surface area (TPSA) is 17.1 Å². The standard InChI is InChI=1S/C11H9BrO/c1-7-9(6-13)4-8-5-10(12)2-3-11(7)8/h2-3,5-6H,4H2,1H3. The van der Waals surface area contributed by atoms with Crippen LogP contribution in [0.15, 0.2) is 28.2 Å². The van der Waals surface area contributed by atoms with E-state index in [1.54, 1.807) is 0 Å². The lowest BCUT2D eigenvalue weighted by Crippen LogP contribution is -1.84. The fourth-order valence-corrected chi connectivity index (χ4v) is 2.12. The van der Waals surface area contributed by atoms with Crippen LogP contribution in [0.5, 0.6) is 0 Å². The Hall–Kier alpha value is -0.890. The molecule has 0 unspecified atom stereocenters. The van der Waals surface area contributed by atoms with E-state index >= 15 is 0 Å². The molecule has 0 bridgehead atoms. The van der Waals surface area contributed by atoms with E-state index in [1.165, 1.54) is 11.1 Å². The van der Waals surface area contributed by atoms with Gasteiger partial charge in [0.1, 0.15) is 6.29 Å². The van der Waals surface area contributed by atoms with Gasteiger partial charge in [0.2, 0.25) is 0 Å². The van der Waals surface area contributed by atoms with Crippen molar-refractivity contribution in [3.05, 3.63) is 39.4 Å². The maximum atomic E-state index is 10.7. The largest absolute Gasteiger partial charge is 0.298 e. The lowest BCUT2D eigenvalue weighted by Gasteiger charge is -2.00. The first-order valence-electron chi connectivity index (χ1n) is 4.16. The third-order valence-electron chi connectivity index (χ3n) is 2.48. The molecule has 1 aromatic carbocycles. The molecule has 0 atom stereocenters. The van der Waals surface area contributed by atoms with Crippen molar-refractivity contribution in [2.24, 2.45) is 0 Å². The molecule has 2 heteroatoms. The van der Waals surface area contributed by atoms with Gasteiger partial charge in [-0.05, 0) is 41.3 Å². The number of allylic oxidation sites excluding steroid dienone is 2. The number of aldehydes is 1. The molecule has 2 rings (SSSR count). The fourth-order valence-electron chi connectivity index (χ4n) is 1.72. The van der Waals surface area contributed by atoms with Crippen molar-refractivity contribution in [2.45, 2.75) is 13.3 Å². The molecule has 66 valence electrons. The zero-order valence-corrected chi connectivity index (χ0v) is 8.89. The number of benzene rings is 1. The smallest absolute Gasteiger partial charge is 0.146 e. The Labute approximate surface area is 85.6 Å². The van der Waals surface area contributed by atoms with Crippen molar-refractivity contribution in [3.63, 3.8) is 0 Å². The van der Waals surface area contributed by atoms with E-state index in [-0.39, 0.29) is 0 Å². The Balaban J connectivity index is 2.55. The van der Waals surface area contributed by atoms with Gasteiger partial charge in [0.25, 0.3) is 0 Å². The van der Waals surface area contributed by atoms with E-state index < -0.39 is 0 Å². The van der Waals surface area contributed by atoms with Crippen LogP contribution in [0.2, 0.25) is 0 Å². The van der Waals surface area contributed by atoms with E-state index in [0.29, 0.717) is 0 Å². The van der Waals surface area contributed by atoms with Crippen LogP contribution in [-0.2, 0) is 11.2 Å². The summed E-state index contributed by atoms with van der Waals surface area (Å²) in [6.45, 7) is 2.00. The third kappa shape index (κ3) is 1.35. The molecule has 13 heavy (non-hydrogen) atoms. The van der Waals surface area contributed by atoms with Gasteiger partial charge in [0, 0.05) is 10.9 Å². The Morgan fingerprint density at radius 3 is 2.92 bits per heavy atom. The summed E-state index contributed by atoms with van der Waals surface area (Å²) in [5.41, 5.74) is 4.49. The summed E-state index contributed by atoms with van der Waals surface area (Å²) < 4.78 is 1.08. The summed E-state index contributed by atoms with van der Waals surface area (Å²) in [5.74, 6) is 0. The summed E-state index contributed by atoms with van der Waals surface area (Å²) in [7, 11) is 0. The summed E-state index contributed by atoms with van der Waals surface area (Å²) >= 11 is 3.42. The second-order valence-corrected chi connectivity index (χ2v) is 4.16. The number of rotatable bonds is 1. The Morgan fingerprint density at radius 1 is 1.46 bits per heavy atom. The molecule has 1 nitrogen and oxygen atoms in total. The first-order chi connectivity index (χ1) is 6.22. The molecule has 0 amide bonds. The molecule has 0 aromatic heterocycles. The normalized spacial score (nSPS) is 14.6. The summed E-state index contributed by atoms with van der Waals surface area (Å²) in [5, 5.41) is 0. The first-order valence-corrected chi connectivity index (χ1v) is 4.95. The third-order valence-corrected chi connectivity index (χ3v) is 2.97. The zero-order chi connectivity index (χ0) is 9.42. The Bertz CT molecular complexity index is 405. The highest BCUT2D eigenvalue weighted by Crippen LogP contribution is 2.32. The quantitative estimate of drug-likeness (QED) is 0.686. The Kier molecular flexibility index (Phi) is 2.08. The molecule has 0 N–H and O–H groups in total. The molecule has 1 aliphatic carbocycles. The summed E-state index contributed by atoms with van der Waals surface area (Å²) in [6.07, 6.45) is 1.74. The number of hydrogen-bond acceptors (Lipinski definition) is 1. The molecule has 0 spiro atoms. The highest BCUT2D eigenvalue weighted by atomic mass is 79.9. The van der Waals surface area contributed by atoms with Gasteiger partial charge in [0.15, 0.2) is 0 Å². The van der Waals surface area contributed by atoms with Crippen LogP contribution in [0.4, 0.5) is 0 Å². The molecular weight excluding hydrogens is 228 g/mol. The number of hydrogen-bond donors (Lipinski definition) is 0. The van der Waals surface area contributed by atoms with Crippen molar-refractivity contribution in [3.8, 4) is 0 Å². The number of carbonyl (C=O) groups is 1. The van der Waals surface area contributed by atoms with Crippen molar-refractivity contribution < 1.29 is 4.79 Å². The van der Waals surface area contributed by atoms with Crippen LogP contribution in [0, 0.1) is 0 Å². The molecule has 1 aromatic rings. The van der Waals surface area contributed by atoms with Crippen LogP contribution in [0.1, 0.15) is 18.1 Å². The van der Waals surface area contributed by atoms with Crippen LogP contribution < -0.4 is 0 Å². The summed E-state index contributed by atoms with van der Waals surface area (Å²) in [4.78, 5) is 10.7. The van der Waals surface area contributed by atoms with Gasteiger partial charge in [0.05, 0.1) is 0 Å². The minimum Gasteiger partial charge on any atom is -0.298 e. The van der Waals surface area contributed by atoms with Gasteiger partial charge in [-0.25, -0.2) is 0 Å². The lowest BCUT2D eigenvalue weighted by molar-refractivity contribution is -0.104. The first kappa shape index (κ1) is 8.70. The lowest BCUT2D eigenvalue weighted by atomic mass is 10.1. The van der Waals surface area contributed by atoms with Crippen LogP contribution in [0.25, 0.3) is 5.57 Å². The molecule has 0 heterocycles. The second-order valence-electron chi connectivity index (χ2n) is 3.25. The van der Waals surface area contributed by atoms with E-state index in [1.807, 2.05) is 13.0 Å². The van der Waals surface area contributed by atoms with Gasteiger partial charge in [-0.15, -0.1) is 0 Å². The van der Waals surface area contributed by atoms with Gasteiger partial charge in [-0.3, -0.25) is 4.79 Å². The van der Waals surface area contributed by atoms with E-state index in [9.17, 15) is 4.79 Å². The predicted octanol–water partition coefficient (Wildman–Crippen LogP) is 2.98. The minimum absolute atomic E-state index is 0.782. The van der Waals surface area contributed by atoms with Crippen molar-refractivity contribution in [2.75, 3.05) is 0 Å². The van der Waals surface area contributed by atoms with Crippen LogP contribution in [0.3, 0.4) is 0 Å². The van der Waals surface area contributed by atoms with E-state index in [2.05, 4.69) is 28.1 Å². The average Bonchev–Trinajstić information content (AvgIpc) is 2.42. The zero-order valence-electron chi connectivity index (χ0n) is 7.30. The van der Waals surface area contributed by atoms with Crippen molar-refractivity contribution in [1.29, 1.82) is 0 Å². The molecule has 0 saturated heterocycles. The number of fused-ring (bicyclic) bond motifs is 1. The van der Waals surface area contributed by atoms with Gasteiger partial charge in [-0.1, -0.05) is 22.0 Å². The van der Waals surface area contributed by atoms with E-state index in [0.717, 1.165) is 28.3 Å². The van der Waals surface area contributed by atoms with Crippen molar-refractivity contribution >= 4 is 27.8 Å². The SMILES string of the molecule is CC1=C(C=O)Cc2cc(Br)ccc21. The maximum Gasteiger partial charge on any atom is 0.146 e. The van der Waals surface area contributed by atoms with Gasteiger partial charge >= 0.3 is 0 Å². The minimum atomic E-state index is 0.782. The molecular formula is C11H9BrO. The van der Waals surface area contributed by atoms with Crippen LogP contribution >= 0.6 is 15.9 Å². The highest BCUT2D eigenvalue weighted by molar-refractivity contribution is 9.10. The Morgan fingerprint density at radius 2 is 2.23 bits per heavy atom. The molecule has 0 fully saturated rings. The number of halogens is 1. The van der Waals surface area contributed by atoms with Gasteiger partial charge < -0.3 is 0 Å². The summed E-state index contributed by atoms with van der Waals surface area (Å²) in [6, 6.07) is 6.15. The van der Waals surface area contributed by atoms with Crippen LogP contribution in [-0.4, -0.2) is 6.29 Å². The van der Waals surface area contributed by atoms with Gasteiger partial charge in [-0.2, -0.15) is 0 Å². The monoisotopic (exact) mass is 236 g/mol. The van der Waals surface area contributed by atoms with Crippen molar-refractivity contribution in [1.82, 2.24) is 0 Å². The average molecular weight is 237 g/mol. The molecule has 0 aliphatic heterocycles. The van der Waals surface area contributed by atoms with E-state index in [4.69, 9.17) is 0 Å². The predicted molar refractivity (Wildman–Crippen MR) is 56.5 cm³/mol. The fraction of sp³-hybridized carbons (Fsp3) is 0.182. The highest BCUT2D eigenvalue weighted by Gasteiger charge is 2.17.